The summed E-state index contributed by atoms with van der Waals surface area (Å²) in [7, 11) is 0. The first-order valence-electron chi connectivity index (χ1n) is 6.19. The zero-order chi connectivity index (χ0) is 12.1. The van der Waals surface area contributed by atoms with Crippen LogP contribution in [0.4, 0.5) is 0 Å². The molecule has 0 aliphatic rings. The number of benzene rings is 1. The van der Waals surface area contributed by atoms with Crippen molar-refractivity contribution in [2.24, 2.45) is 0 Å². The lowest BCUT2D eigenvalue weighted by Crippen LogP contribution is -2.24. The van der Waals surface area contributed by atoms with E-state index in [0.29, 0.717) is 6.04 Å². The van der Waals surface area contributed by atoms with Crippen molar-refractivity contribution >= 4 is 17.0 Å². The Morgan fingerprint density at radius 3 is 3.00 bits per heavy atom. The van der Waals surface area contributed by atoms with Gasteiger partial charge in [0.05, 0.1) is 6.26 Å². The number of hydrogen-bond acceptors (Lipinski definition) is 2. The van der Waals surface area contributed by atoms with Gasteiger partial charge in [0.2, 0.25) is 0 Å². The van der Waals surface area contributed by atoms with Gasteiger partial charge in [-0.05, 0) is 26.0 Å². The average Bonchev–Trinajstić information content (AvgIpc) is 2.77. The van der Waals surface area contributed by atoms with Crippen LogP contribution in [0, 0.1) is 0 Å². The van der Waals surface area contributed by atoms with Gasteiger partial charge in [-0.1, -0.05) is 37.3 Å². The van der Waals surface area contributed by atoms with E-state index in [0.717, 1.165) is 24.1 Å². The topological polar surface area (TPSA) is 25.2 Å². The summed E-state index contributed by atoms with van der Waals surface area (Å²) in [5.41, 5.74) is 2.09. The monoisotopic (exact) mass is 229 g/mol. The minimum absolute atomic E-state index is 0.392. The van der Waals surface area contributed by atoms with Crippen LogP contribution in [0.1, 0.15) is 25.8 Å². The van der Waals surface area contributed by atoms with E-state index in [2.05, 4.69) is 37.4 Å². The van der Waals surface area contributed by atoms with Crippen LogP contribution in [0.25, 0.3) is 17.0 Å². The van der Waals surface area contributed by atoms with Gasteiger partial charge in [-0.15, -0.1) is 0 Å². The van der Waals surface area contributed by atoms with E-state index >= 15 is 0 Å². The van der Waals surface area contributed by atoms with Gasteiger partial charge in [0, 0.05) is 17.0 Å². The number of rotatable bonds is 5. The molecule has 2 nitrogen and oxygen atoms in total. The van der Waals surface area contributed by atoms with Crippen LogP contribution in [-0.4, -0.2) is 12.6 Å². The fourth-order valence-electron chi connectivity index (χ4n) is 1.82. The molecule has 2 rings (SSSR count). The molecule has 0 radical (unpaired) electrons. The first-order valence-corrected chi connectivity index (χ1v) is 6.19. The van der Waals surface area contributed by atoms with Crippen molar-refractivity contribution in [3.63, 3.8) is 0 Å². The maximum atomic E-state index is 5.49. The Morgan fingerprint density at radius 2 is 2.18 bits per heavy atom. The van der Waals surface area contributed by atoms with Crippen LogP contribution in [0.5, 0.6) is 0 Å². The second-order valence-corrected chi connectivity index (χ2v) is 4.29. The SMILES string of the molecule is CCCNC(C)/C=C/c1coc2ccccc12. The van der Waals surface area contributed by atoms with Gasteiger partial charge in [0.15, 0.2) is 0 Å². The Hall–Kier alpha value is -1.54. The molecule has 1 heterocycles. The van der Waals surface area contributed by atoms with E-state index < -0.39 is 0 Å². The second kappa shape index (κ2) is 5.69. The smallest absolute Gasteiger partial charge is 0.134 e. The van der Waals surface area contributed by atoms with Gasteiger partial charge >= 0.3 is 0 Å². The molecule has 2 heteroatoms. The molecule has 0 saturated carbocycles. The fraction of sp³-hybridized carbons (Fsp3) is 0.333. The molecular formula is C15H19NO. The van der Waals surface area contributed by atoms with Gasteiger partial charge in [-0.2, -0.15) is 0 Å². The van der Waals surface area contributed by atoms with E-state index in [9.17, 15) is 0 Å². The maximum absolute atomic E-state index is 5.49. The number of nitrogens with one attached hydrogen (secondary N) is 1. The Balaban J connectivity index is 2.10. The molecule has 0 spiro atoms. The van der Waals surface area contributed by atoms with Crippen molar-refractivity contribution in [3.05, 3.63) is 42.2 Å². The largest absolute Gasteiger partial charge is 0.464 e. The van der Waals surface area contributed by atoms with Crippen LogP contribution < -0.4 is 5.32 Å². The minimum atomic E-state index is 0.392. The predicted octanol–water partition coefficient (Wildman–Crippen LogP) is 3.83. The first kappa shape index (κ1) is 11.9. The highest BCUT2D eigenvalue weighted by atomic mass is 16.3. The molecule has 1 unspecified atom stereocenters. The average molecular weight is 229 g/mol. The van der Waals surface area contributed by atoms with Crippen molar-refractivity contribution in [2.75, 3.05) is 6.54 Å². The normalized spacial score (nSPS) is 13.5. The Bertz CT molecular complexity index is 498. The molecule has 0 aliphatic carbocycles. The van der Waals surface area contributed by atoms with Crippen LogP contribution >= 0.6 is 0 Å². The second-order valence-electron chi connectivity index (χ2n) is 4.29. The van der Waals surface area contributed by atoms with Crippen molar-refractivity contribution < 1.29 is 4.42 Å². The third-order valence-electron chi connectivity index (χ3n) is 2.79. The Kier molecular flexibility index (Phi) is 3.99. The quantitative estimate of drug-likeness (QED) is 0.842. The molecule has 1 aromatic carbocycles. The molecule has 17 heavy (non-hydrogen) atoms. The highest BCUT2D eigenvalue weighted by Crippen LogP contribution is 2.21. The van der Waals surface area contributed by atoms with Gasteiger partial charge < -0.3 is 9.73 Å². The molecule has 0 bridgehead atoms. The standard InChI is InChI=1S/C15H19NO/c1-3-10-16-12(2)8-9-13-11-17-15-7-5-4-6-14(13)15/h4-9,11-12,16H,3,10H2,1-2H3/b9-8+. The van der Waals surface area contributed by atoms with Crippen molar-refractivity contribution in [2.45, 2.75) is 26.3 Å². The summed E-state index contributed by atoms with van der Waals surface area (Å²) >= 11 is 0. The third-order valence-corrected chi connectivity index (χ3v) is 2.79. The van der Waals surface area contributed by atoms with Gasteiger partial charge in [-0.25, -0.2) is 0 Å². The predicted molar refractivity (Wildman–Crippen MR) is 73.0 cm³/mol. The minimum Gasteiger partial charge on any atom is -0.464 e. The molecule has 1 N–H and O–H groups in total. The van der Waals surface area contributed by atoms with E-state index in [1.807, 2.05) is 24.5 Å². The Labute approximate surface area is 102 Å². The van der Waals surface area contributed by atoms with Crippen molar-refractivity contribution in [1.82, 2.24) is 5.32 Å². The van der Waals surface area contributed by atoms with Gasteiger partial charge in [-0.3, -0.25) is 0 Å². The van der Waals surface area contributed by atoms with Crippen LogP contribution in [0.3, 0.4) is 0 Å². The highest BCUT2D eigenvalue weighted by Gasteiger charge is 2.01. The first-order chi connectivity index (χ1) is 8.31. The van der Waals surface area contributed by atoms with Crippen LogP contribution in [-0.2, 0) is 0 Å². The number of furan rings is 1. The molecule has 0 saturated heterocycles. The van der Waals surface area contributed by atoms with E-state index in [4.69, 9.17) is 4.42 Å². The number of hydrogen-bond donors (Lipinski definition) is 1. The zero-order valence-corrected chi connectivity index (χ0v) is 10.4. The molecule has 2 aromatic rings. The molecule has 1 aromatic heterocycles. The summed E-state index contributed by atoms with van der Waals surface area (Å²) in [5.74, 6) is 0. The highest BCUT2D eigenvalue weighted by molar-refractivity contribution is 5.86. The molecular weight excluding hydrogens is 210 g/mol. The molecule has 0 fully saturated rings. The summed E-state index contributed by atoms with van der Waals surface area (Å²) < 4.78 is 5.49. The maximum Gasteiger partial charge on any atom is 0.134 e. The summed E-state index contributed by atoms with van der Waals surface area (Å²) in [5, 5.41) is 4.60. The number of para-hydroxylation sites is 1. The summed E-state index contributed by atoms with van der Waals surface area (Å²) in [6.07, 6.45) is 7.27. The van der Waals surface area contributed by atoms with E-state index in [-0.39, 0.29) is 0 Å². The van der Waals surface area contributed by atoms with Crippen LogP contribution in [0.15, 0.2) is 41.0 Å². The third kappa shape index (κ3) is 2.98. The van der Waals surface area contributed by atoms with Crippen molar-refractivity contribution in [1.29, 1.82) is 0 Å². The summed E-state index contributed by atoms with van der Waals surface area (Å²) in [6, 6.07) is 8.50. The number of fused-ring (bicyclic) bond motifs is 1. The van der Waals surface area contributed by atoms with Crippen molar-refractivity contribution in [3.8, 4) is 0 Å². The summed E-state index contributed by atoms with van der Waals surface area (Å²) in [4.78, 5) is 0. The van der Waals surface area contributed by atoms with E-state index in [1.54, 1.807) is 0 Å². The molecule has 0 amide bonds. The van der Waals surface area contributed by atoms with Gasteiger partial charge in [0.1, 0.15) is 5.58 Å². The summed E-state index contributed by atoms with van der Waals surface area (Å²) in [6.45, 7) is 5.39. The lowest BCUT2D eigenvalue weighted by Gasteiger charge is -2.06. The lowest BCUT2D eigenvalue weighted by molar-refractivity contribution is 0.614. The lowest BCUT2D eigenvalue weighted by atomic mass is 10.1. The zero-order valence-electron chi connectivity index (χ0n) is 10.4. The molecule has 90 valence electrons. The fourth-order valence-corrected chi connectivity index (χ4v) is 1.82. The molecule has 1 atom stereocenters. The Morgan fingerprint density at radius 1 is 1.35 bits per heavy atom. The van der Waals surface area contributed by atoms with Gasteiger partial charge in [0.25, 0.3) is 0 Å². The van der Waals surface area contributed by atoms with Crippen LogP contribution in [0.2, 0.25) is 0 Å². The van der Waals surface area contributed by atoms with E-state index in [1.165, 1.54) is 5.39 Å². The molecule has 0 aliphatic heterocycles.